The van der Waals surface area contributed by atoms with E-state index in [0.717, 1.165) is 0 Å². The van der Waals surface area contributed by atoms with Crippen molar-refractivity contribution >= 4 is 21.7 Å². The Morgan fingerprint density at radius 1 is 1.25 bits per heavy atom. The minimum Gasteiger partial charge on any atom is -0.439 e. The first-order valence-corrected chi connectivity index (χ1v) is 6.77. The first-order chi connectivity index (χ1) is 9.47. The minimum absolute atomic E-state index is 0.116. The van der Waals surface area contributed by atoms with Crippen LogP contribution < -0.4 is 16.0 Å². The molecule has 0 atom stereocenters. The molecule has 0 amide bonds. The van der Waals surface area contributed by atoms with E-state index in [4.69, 9.17) is 10.6 Å². The lowest BCUT2D eigenvalue weighted by molar-refractivity contribution is 0.452. The van der Waals surface area contributed by atoms with Gasteiger partial charge in [-0.25, -0.2) is 15.2 Å². The van der Waals surface area contributed by atoms with Crippen molar-refractivity contribution in [3.05, 3.63) is 40.4 Å². The van der Waals surface area contributed by atoms with Gasteiger partial charge >= 0.3 is 0 Å². The topological polar surface area (TPSA) is 73.1 Å². The maximum Gasteiger partial charge on any atom is 0.224 e. The van der Waals surface area contributed by atoms with Crippen molar-refractivity contribution in [3.8, 4) is 11.6 Å². The molecular formula is C13H14BrFN4O. The number of anilines is 1. The molecule has 1 heterocycles. The van der Waals surface area contributed by atoms with Gasteiger partial charge in [0.05, 0.1) is 0 Å². The van der Waals surface area contributed by atoms with Crippen molar-refractivity contribution < 1.29 is 9.13 Å². The van der Waals surface area contributed by atoms with E-state index in [0.29, 0.717) is 27.7 Å². The van der Waals surface area contributed by atoms with E-state index < -0.39 is 5.82 Å². The summed E-state index contributed by atoms with van der Waals surface area (Å²) in [5.41, 5.74) is 2.46. The molecule has 1 aromatic carbocycles. The Kier molecular flexibility index (Phi) is 4.51. The zero-order valence-electron chi connectivity index (χ0n) is 11.0. The first kappa shape index (κ1) is 14.7. The van der Waals surface area contributed by atoms with Crippen molar-refractivity contribution in [1.82, 2.24) is 9.97 Å². The Bertz CT molecular complexity index is 601. The summed E-state index contributed by atoms with van der Waals surface area (Å²) in [6, 6.07) is 5.82. The third-order valence-electron chi connectivity index (χ3n) is 2.44. The van der Waals surface area contributed by atoms with E-state index in [2.05, 4.69) is 31.3 Å². The van der Waals surface area contributed by atoms with Crippen molar-refractivity contribution in [2.45, 2.75) is 19.8 Å². The molecule has 5 nitrogen and oxygen atoms in total. The summed E-state index contributed by atoms with van der Waals surface area (Å²) in [6.07, 6.45) is 0. The number of rotatable bonds is 4. The fourth-order valence-electron chi connectivity index (χ4n) is 1.54. The van der Waals surface area contributed by atoms with Crippen LogP contribution in [0.25, 0.3) is 0 Å². The van der Waals surface area contributed by atoms with Crippen LogP contribution >= 0.6 is 15.9 Å². The molecule has 106 valence electrons. The van der Waals surface area contributed by atoms with Gasteiger partial charge in [-0.15, -0.1) is 0 Å². The predicted molar refractivity (Wildman–Crippen MR) is 78.1 cm³/mol. The van der Waals surface area contributed by atoms with Gasteiger partial charge in [-0.3, -0.25) is 0 Å². The minimum atomic E-state index is -0.398. The summed E-state index contributed by atoms with van der Waals surface area (Å²) < 4.78 is 19.5. The number of hydrogen-bond donors (Lipinski definition) is 2. The molecule has 20 heavy (non-hydrogen) atoms. The quantitative estimate of drug-likeness (QED) is 0.657. The lowest BCUT2D eigenvalue weighted by Gasteiger charge is -2.11. The Morgan fingerprint density at radius 3 is 2.60 bits per heavy atom. The summed E-state index contributed by atoms with van der Waals surface area (Å²) in [6.45, 7) is 3.91. The third kappa shape index (κ3) is 3.64. The maximum atomic E-state index is 13.3. The lowest BCUT2D eigenvalue weighted by Crippen LogP contribution is -2.11. The molecule has 2 aromatic rings. The Morgan fingerprint density at radius 2 is 2.00 bits per heavy atom. The molecular weight excluding hydrogens is 327 g/mol. The Balaban J connectivity index is 2.34. The molecule has 2 rings (SSSR count). The second-order valence-corrected chi connectivity index (χ2v) is 5.37. The summed E-state index contributed by atoms with van der Waals surface area (Å²) in [4.78, 5) is 8.49. The van der Waals surface area contributed by atoms with Gasteiger partial charge in [-0.2, -0.15) is 4.98 Å². The van der Waals surface area contributed by atoms with Crippen LogP contribution in [0.4, 0.5) is 10.2 Å². The van der Waals surface area contributed by atoms with Gasteiger partial charge in [0.1, 0.15) is 23.2 Å². The number of nitrogens with one attached hydrogen (secondary N) is 1. The Hall–Kier alpha value is -1.73. The number of hydrogen-bond acceptors (Lipinski definition) is 5. The van der Waals surface area contributed by atoms with E-state index in [1.165, 1.54) is 12.1 Å². The summed E-state index contributed by atoms with van der Waals surface area (Å²) in [5.74, 6) is 6.75. The van der Waals surface area contributed by atoms with E-state index in [1.807, 2.05) is 13.8 Å². The van der Waals surface area contributed by atoms with E-state index in [-0.39, 0.29) is 5.92 Å². The summed E-state index contributed by atoms with van der Waals surface area (Å²) in [7, 11) is 0. The van der Waals surface area contributed by atoms with Crippen LogP contribution in [-0.4, -0.2) is 9.97 Å². The van der Waals surface area contributed by atoms with Gasteiger partial charge < -0.3 is 10.2 Å². The molecule has 0 aliphatic carbocycles. The second kappa shape index (κ2) is 6.15. The highest BCUT2D eigenvalue weighted by Gasteiger charge is 2.10. The number of ether oxygens (including phenoxy) is 1. The number of aromatic nitrogens is 2. The van der Waals surface area contributed by atoms with Crippen LogP contribution in [0.15, 0.2) is 28.7 Å². The highest BCUT2D eigenvalue weighted by molar-refractivity contribution is 9.10. The van der Waals surface area contributed by atoms with Crippen molar-refractivity contribution in [2.24, 2.45) is 5.84 Å². The molecule has 7 heteroatoms. The average Bonchev–Trinajstić information content (AvgIpc) is 2.36. The third-order valence-corrected chi connectivity index (χ3v) is 2.90. The van der Waals surface area contributed by atoms with Crippen molar-refractivity contribution in [2.75, 3.05) is 5.43 Å². The standard InChI is InChI=1S/C13H14BrFN4O/c1-7(2)13-17-11(19-16)6-12(18-13)20-10-4-8(14)3-9(15)5-10/h3-7H,16H2,1-2H3,(H,17,18,19). The molecule has 0 unspecified atom stereocenters. The van der Waals surface area contributed by atoms with Crippen LogP contribution in [0.5, 0.6) is 11.6 Å². The molecule has 0 bridgehead atoms. The fraction of sp³-hybridized carbons (Fsp3) is 0.231. The summed E-state index contributed by atoms with van der Waals surface area (Å²) >= 11 is 3.21. The number of benzene rings is 1. The molecule has 0 aliphatic heterocycles. The van der Waals surface area contributed by atoms with Crippen LogP contribution in [0, 0.1) is 5.82 Å². The molecule has 0 fully saturated rings. The van der Waals surface area contributed by atoms with Crippen LogP contribution in [0.1, 0.15) is 25.6 Å². The van der Waals surface area contributed by atoms with Gasteiger partial charge in [-0.05, 0) is 12.1 Å². The molecule has 0 saturated carbocycles. The van der Waals surface area contributed by atoms with Crippen LogP contribution in [-0.2, 0) is 0 Å². The molecule has 0 aliphatic rings. The Labute approximate surface area is 124 Å². The summed E-state index contributed by atoms with van der Waals surface area (Å²) in [5, 5.41) is 0. The van der Waals surface area contributed by atoms with Gasteiger partial charge in [0.25, 0.3) is 0 Å². The first-order valence-electron chi connectivity index (χ1n) is 5.97. The highest BCUT2D eigenvalue weighted by Crippen LogP contribution is 2.26. The van der Waals surface area contributed by atoms with E-state index >= 15 is 0 Å². The largest absolute Gasteiger partial charge is 0.439 e. The molecule has 1 aromatic heterocycles. The SMILES string of the molecule is CC(C)c1nc(NN)cc(Oc2cc(F)cc(Br)c2)n1. The normalized spacial score (nSPS) is 10.7. The number of nitrogens with zero attached hydrogens (tertiary/aromatic N) is 2. The van der Waals surface area contributed by atoms with E-state index in [9.17, 15) is 4.39 Å². The fourth-order valence-corrected chi connectivity index (χ4v) is 1.98. The number of halogens is 2. The van der Waals surface area contributed by atoms with Crippen LogP contribution in [0.2, 0.25) is 0 Å². The second-order valence-electron chi connectivity index (χ2n) is 4.46. The zero-order chi connectivity index (χ0) is 14.7. The van der Waals surface area contributed by atoms with E-state index in [1.54, 1.807) is 12.1 Å². The predicted octanol–water partition coefficient (Wildman–Crippen LogP) is 3.58. The number of nitrogens with two attached hydrogens (primary N) is 1. The number of nitrogen functional groups attached to an aromatic ring is 1. The van der Waals surface area contributed by atoms with Crippen LogP contribution in [0.3, 0.4) is 0 Å². The maximum absolute atomic E-state index is 13.3. The smallest absolute Gasteiger partial charge is 0.224 e. The average molecular weight is 341 g/mol. The van der Waals surface area contributed by atoms with Gasteiger partial charge in [-0.1, -0.05) is 29.8 Å². The monoisotopic (exact) mass is 340 g/mol. The molecule has 3 N–H and O–H groups in total. The van der Waals surface area contributed by atoms with Gasteiger partial charge in [0, 0.05) is 22.5 Å². The number of hydrazine groups is 1. The highest BCUT2D eigenvalue weighted by atomic mass is 79.9. The van der Waals surface area contributed by atoms with Crippen molar-refractivity contribution in [3.63, 3.8) is 0 Å². The molecule has 0 radical (unpaired) electrons. The van der Waals surface area contributed by atoms with Gasteiger partial charge in [0.2, 0.25) is 5.88 Å². The molecule has 0 saturated heterocycles. The lowest BCUT2D eigenvalue weighted by atomic mass is 10.2. The van der Waals surface area contributed by atoms with Crippen molar-refractivity contribution in [1.29, 1.82) is 0 Å². The zero-order valence-corrected chi connectivity index (χ0v) is 12.6. The van der Waals surface area contributed by atoms with Gasteiger partial charge in [0.15, 0.2) is 0 Å². The molecule has 0 spiro atoms.